The molecule has 0 aliphatic carbocycles. The standard InChI is InChI=1S/C23H30N6O4/c1-32-18-5-2-17(3-6-18)4-7-19-25-22(28-10-8-27(9-11-28)16-20(30)31)21(24)23(26-19)29-12-14-33-15-13-29/h2-7H,8-16,24H2,1H3,(H,30,31). The molecule has 1 aromatic carbocycles. The van der Waals surface area contributed by atoms with Crippen LogP contribution in [0.25, 0.3) is 12.2 Å². The summed E-state index contributed by atoms with van der Waals surface area (Å²) in [4.78, 5) is 26.7. The van der Waals surface area contributed by atoms with Gasteiger partial charge in [0.1, 0.15) is 11.4 Å². The van der Waals surface area contributed by atoms with Crippen molar-refractivity contribution in [2.45, 2.75) is 0 Å². The van der Waals surface area contributed by atoms with Crippen molar-refractivity contribution in [3.05, 3.63) is 35.7 Å². The van der Waals surface area contributed by atoms with Gasteiger partial charge in [0.05, 0.1) is 26.9 Å². The van der Waals surface area contributed by atoms with Gasteiger partial charge in [-0.2, -0.15) is 0 Å². The Balaban J connectivity index is 1.60. The molecule has 10 nitrogen and oxygen atoms in total. The number of carboxylic acids is 1. The first-order valence-corrected chi connectivity index (χ1v) is 11.0. The molecule has 1 aromatic heterocycles. The Bertz CT molecular complexity index is 983. The van der Waals surface area contributed by atoms with Crippen LogP contribution in [0.2, 0.25) is 0 Å². The number of benzene rings is 1. The number of nitrogen functional groups attached to an aromatic ring is 1. The molecular formula is C23H30N6O4. The van der Waals surface area contributed by atoms with Crippen molar-refractivity contribution in [2.24, 2.45) is 0 Å². The van der Waals surface area contributed by atoms with Gasteiger partial charge in [-0.1, -0.05) is 18.2 Å². The van der Waals surface area contributed by atoms with Crippen LogP contribution < -0.4 is 20.3 Å². The van der Waals surface area contributed by atoms with Gasteiger partial charge in [0.15, 0.2) is 17.5 Å². The first kappa shape index (κ1) is 22.8. The van der Waals surface area contributed by atoms with Gasteiger partial charge >= 0.3 is 5.97 Å². The number of methoxy groups -OCH3 is 1. The molecule has 0 amide bonds. The summed E-state index contributed by atoms with van der Waals surface area (Å²) in [6.45, 7) is 5.31. The number of hydrogen-bond donors (Lipinski definition) is 2. The minimum atomic E-state index is -0.814. The van der Waals surface area contributed by atoms with Gasteiger partial charge in [-0.25, -0.2) is 9.97 Å². The summed E-state index contributed by atoms with van der Waals surface area (Å²) in [5.74, 6) is 1.96. The highest BCUT2D eigenvalue weighted by molar-refractivity contribution is 5.79. The van der Waals surface area contributed by atoms with Crippen LogP contribution in [-0.4, -0.2) is 92.1 Å². The van der Waals surface area contributed by atoms with Crippen molar-refractivity contribution >= 4 is 35.4 Å². The average molecular weight is 455 g/mol. The average Bonchev–Trinajstić information content (AvgIpc) is 2.84. The van der Waals surface area contributed by atoms with Crippen molar-refractivity contribution < 1.29 is 19.4 Å². The lowest BCUT2D eigenvalue weighted by atomic mass is 10.2. The van der Waals surface area contributed by atoms with Gasteiger partial charge < -0.3 is 30.1 Å². The smallest absolute Gasteiger partial charge is 0.317 e. The van der Waals surface area contributed by atoms with Gasteiger partial charge in [-0.3, -0.25) is 9.69 Å². The van der Waals surface area contributed by atoms with E-state index in [1.165, 1.54) is 0 Å². The summed E-state index contributed by atoms with van der Waals surface area (Å²) in [6.07, 6.45) is 3.85. The maximum absolute atomic E-state index is 11.0. The molecule has 3 N–H and O–H groups in total. The third-order valence-corrected chi connectivity index (χ3v) is 5.80. The van der Waals surface area contributed by atoms with Crippen LogP contribution in [0.1, 0.15) is 11.4 Å². The molecule has 2 aliphatic heterocycles. The summed E-state index contributed by atoms with van der Waals surface area (Å²) in [5, 5.41) is 9.07. The number of ether oxygens (including phenoxy) is 2. The van der Waals surface area contributed by atoms with Gasteiger partial charge in [0.2, 0.25) is 0 Å². The van der Waals surface area contributed by atoms with Crippen LogP contribution in [-0.2, 0) is 9.53 Å². The zero-order valence-electron chi connectivity index (χ0n) is 18.8. The maximum atomic E-state index is 11.0. The number of nitrogens with two attached hydrogens (primary N) is 1. The molecule has 0 unspecified atom stereocenters. The van der Waals surface area contributed by atoms with Crippen molar-refractivity contribution in [3.8, 4) is 5.75 Å². The number of morpholine rings is 1. The Morgan fingerprint density at radius 2 is 1.64 bits per heavy atom. The third kappa shape index (κ3) is 5.71. The number of carboxylic acid groups (broad SMARTS) is 1. The number of nitrogens with zero attached hydrogens (tertiary/aromatic N) is 5. The second-order valence-corrected chi connectivity index (χ2v) is 8.01. The van der Waals surface area contributed by atoms with Crippen LogP contribution in [0.3, 0.4) is 0 Å². The van der Waals surface area contributed by atoms with Gasteiger partial charge in [0, 0.05) is 39.3 Å². The number of aromatic nitrogens is 2. The molecule has 2 saturated heterocycles. The fraction of sp³-hybridized carbons (Fsp3) is 0.435. The van der Waals surface area contributed by atoms with Crippen LogP contribution >= 0.6 is 0 Å². The van der Waals surface area contributed by atoms with E-state index in [2.05, 4.69) is 9.80 Å². The first-order chi connectivity index (χ1) is 16.0. The number of aliphatic carboxylic acids is 1. The minimum Gasteiger partial charge on any atom is -0.497 e. The molecule has 2 aromatic rings. The normalized spacial score (nSPS) is 17.5. The van der Waals surface area contributed by atoms with E-state index < -0.39 is 5.97 Å². The minimum absolute atomic E-state index is 0.0436. The number of piperazine rings is 1. The van der Waals surface area contributed by atoms with E-state index in [4.69, 9.17) is 30.3 Å². The zero-order valence-corrected chi connectivity index (χ0v) is 18.8. The highest BCUT2D eigenvalue weighted by Crippen LogP contribution is 2.31. The summed E-state index contributed by atoms with van der Waals surface area (Å²) in [7, 11) is 1.64. The predicted octanol–water partition coefficient (Wildman–Crippen LogP) is 1.28. The quantitative estimate of drug-likeness (QED) is 0.633. The second-order valence-electron chi connectivity index (χ2n) is 8.01. The number of anilines is 3. The van der Waals surface area contributed by atoms with E-state index >= 15 is 0 Å². The predicted molar refractivity (Wildman–Crippen MR) is 128 cm³/mol. The van der Waals surface area contributed by atoms with Crippen LogP contribution in [0.5, 0.6) is 5.75 Å². The molecule has 10 heteroatoms. The van der Waals surface area contributed by atoms with Crippen LogP contribution in [0, 0.1) is 0 Å². The molecule has 0 radical (unpaired) electrons. The molecule has 176 valence electrons. The molecule has 0 spiro atoms. The van der Waals surface area contributed by atoms with Gasteiger partial charge in [-0.05, 0) is 23.8 Å². The third-order valence-electron chi connectivity index (χ3n) is 5.80. The lowest BCUT2D eigenvalue weighted by Crippen LogP contribution is -2.48. The van der Waals surface area contributed by atoms with E-state index in [0.29, 0.717) is 75.6 Å². The van der Waals surface area contributed by atoms with Gasteiger partial charge in [0.25, 0.3) is 0 Å². The maximum Gasteiger partial charge on any atom is 0.317 e. The van der Waals surface area contributed by atoms with Crippen molar-refractivity contribution in [1.29, 1.82) is 0 Å². The number of hydrogen-bond acceptors (Lipinski definition) is 9. The van der Waals surface area contributed by atoms with Crippen molar-refractivity contribution in [1.82, 2.24) is 14.9 Å². The summed E-state index contributed by atoms with van der Waals surface area (Å²) < 4.78 is 10.7. The summed E-state index contributed by atoms with van der Waals surface area (Å²) in [5.41, 5.74) is 8.13. The van der Waals surface area contributed by atoms with E-state index in [9.17, 15) is 4.79 Å². The molecule has 2 fully saturated rings. The molecule has 0 atom stereocenters. The second kappa shape index (κ2) is 10.5. The Kier molecular flexibility index (Phi) is 7.26. The highest BCUT2D eigenvalue weighted by atomic mass is 16.5. The Hall–Kier alpha value is -3.37. The Labute approximate surface area is 193 Å². The Morgan fingerprint density at radius 3 is 2.21 bits per heavy atom. The molecule has 0 bridgehead atoms. The van der Waals surface area contributed by atoms with Gasteiger partial charge in [-0.15, -0.1) is 0 Å². The lowest BCUT2D eigenvalue weighted by molar-refractivity contribution is -0.138. The topological polar surface area (TPSA) is 117 Å². The van der Waals surface area contributed by atoms with E-state index in [1.54, 1.807) is 7.11 Å². The summed E-state index contributed by atoms with van der Waals surface area (Å²) >= 11 is 0. The van der Waals surface area contributed by atoms with E-state index in [0.717, 1.165) is 11.3 Å². The summed E-state index contributed by atoms with van der Waals surface area (Å²) in [6, 6.07) is 7.76. The molecule has 0 saturated carbocycles. The number of carbonyl (C=O) groups is 1. The van der Waals surface area contributed by atoms with E-state index in [-0.39, 0.29) is 6.54 Å². The molecular weight excluding hydrogens is 424 g/mol. The molecule has 3 heterocycles. The molecule has 4 rings (SSSR count). The zero-order chi connectivity index (χ0) is 23.2. The molecule has 33 heavy (non-hydrogen) atoms. The van der Waals surface area contributed by atoms with Crippen molar-refractivity contribution in [2.75, 3.05) is 81.7 Å². The van der Waals surface area contributed by atoms with Crippen LogP contribution in [0.4, 0.5) is 17.3 Å². The first-order valence-electron chi connectivity index (χ1n) is 11.0. The monoisotopic (exact) mass is 454 g/mol. The van der Waals surface area contributed by atoms with E-state index in [1.807, 2.05) is 41.3 Å². The number of rotatable bonds is 7. The van der Waals surface area contributed by atoms with Crippen LogP contribution in [0.15, 0.2) is 24.3 Å². The lowest BCUT2D eigenvalue weighted by Gasteiger charge is -2.36. The van der Waals surface area contributed by atoms with Crippen molar-refractivity contribution in [3.63, 3.8) is 0 Å². The Morgan fingerprint density at radius 1 is 1.03 bits per heavy atom. The SMILES string of the molecule is COc1ccc(C=Cc2nc(N3CCOCC3)c(N)c(N3CCN(CC(=O)O)CC3)n2)cc1. The highest BCUT2D eigenvalue weighted by Gasteiger charge is 2.25. The largest absolute Gasteiger partial charge is 0.497 e. The molecule has 2 aliphatic rings. The fourth-order valence-corrected chi connectivity index (χ4v) is 3.99. The fourth-order valence-electron chi connectivity index (χ4n) is 3.99.